The summed E-state index contributed by atoms with van der Waals surface area (Å²) in [5.41, 5.74) is 7.40. The van der Waals surface area contributed by atoms with Crippen molar-refractivity contribution in [1.29, 1.82) is 0 Å². The Kier molecular flexibility index (Phi) is 2.70. The number of aromatic nitrogens is 2. The van der Waals surface area contributed by atoms with Gasteiger partial charge < -0.3 is 10.3 Å². The van der Waals surface area contributed by atoms with Crippen LogP contribution >= 0.6 is 0 Å². The van der Waals surface area contributed by atoms with Crippen LogP contribution in [0.1, 0.15) is 30.4 Å². The van der Waals surface area contributed by atoms with Gasteiger partial charge >= 0.3 is 0 Å². The number of pyridine rings is 1. The zero-order chi connectivity index (χ0) is 16.3. The summed E-state index contributed by atoms with van der Waals surface area (Å²) in [5.74, 6) is 1.14. The van der Waals surface area contributed by atoms with Gasteiger partial charge in [-0.25, -0.2) is 4.99 Å². The molecule has 2 aromatic heterocycles. The topological polar surface area (TPSA) is 53.1 Å². The molecule has 1 spiro atoms. The molecule has 2 N–H and O–H groups in total. The molecule has 0 saturated heterocycles. The van der Waals surface area contributed by atoms with Crippen molar-refractivity contribution < 1.29 is 0 Å². The molecule has 1 saturated carbocycles. The predicted molar refractivity (Wildman–Crippen MR) is 98.0 cm³/mol. The highest BCUT2D eigenvalue weighted by Crippen LogP contribution is 2.53. The van der Waals surface area contributed by atoms with Gasteiger partial charge in [0, 0.05) is 29.9 Å². The van der Waals surface area contributed by atoms with Gasteiger partial charge in [0.15, 0.2) is 0 Å². The predicted octanol–water partition coefficient (Wildman–Crippen LogP) is 4.22. The molecule has 3 aromatic rings. The average Bonchev–Trinajstić information content (AvgIpc) is 3.11. The number of rotatable bonds is 1. The molecule has 4 nitrogen and oxygen atoms in total. The summed E-state index contributed by atoms with van der Waals surface area (Å²) in [5, 5.41) is 4.53. The van der Waals surface area contributed by atoms with Crippen molar-refractivity contribution in [1.82, 2.24) is 15.3 Å². The van der Waals surface area contributed by atoms with Crippen LogP contribution < -0.4 is 5.32 Å². The number of amidine groups is 1. The molecule has 2 aliphatic rings. The summed E-state index contributed by atoms with van der Waals surface area (Å²) >= 11 is 0. The number of aliphatic imine (C=N–C) groups is 1. The monoisotopic (exact) mass is 316 g/mol. The minimum Gasteiger partial charge on any atom is -0.376 e. The molecule has 0 bridgehead atoms. The zero-order valence-corrected chi connectivity index (χ0v) is 14.0. The number of aryl methyl sites for hydroxylation is 1. The zero-order valence-electron chi connectivity index (χ0n) is 14.0. The van der Waals surface area contributed by atoms with Crippen LogP contribution in [0.15, 0.2) is 41.7 Å². The van der Waals surface area contributed by atoms with E-state index in [1.807, 2.05) is 25.5 Å². The van der Waals surface area contributed by atoms with Gasteiger partial charge in [0.25, 0.3) is 0 Å². The van der Waals surface area contributed by atoms with Gasteiger partial charge in [0.05, 0.1) is 22.8 Å². The molecule has 1 aliphatic carbocycles. The quantitative estimate of drug-likeness (QED) is 0.706. The van der Waals surface area contributed by atoms with E-state index in [-0.39, 0.29) is 5.41 Å². The van der Waals surface area contributed by atoms with Gasteiger partial charge in [0.2, 0.25) is 0 Å². The number of nitrogens with zero attached hydrogens (tertiary/aromatic N) is 2. The third-order valence-corrected chi connectivity index (χ3v) is 5.70. The molecular formula is C20H20N4. The van der Waals surface area contributed by atoms with Crippen molar-refractivity contribution in [3.63, 3.8) is 0 Å². The van der Waals surface area contributed by atoms with Crippen LogP contribution in [0.5, 0.6) is 0 Å². The van der Waals surface area contributed by atoms with Crippen molar-refractivity contribution in [3.8, 4) is 11.3 Å². The summed E-state index contributed by atoms with van der Waals surface area (Å²) in [6, 6.07) is 8.83. The number of aromatic amines is 1. The third-order valence-electron chi connectivity index (χ3n) is 5.70. The lowest BCUT2D eigenvalue weighted by molar-refractivity contribution is 0.340. The smallest absolute Gasteiger partial charge is 0.113 e. The third kappa shape index (κ3) is 1.68. The van der Waals surface area contributed by atoms with Gasteiger partial charge in [-0.2, -0.15) is 0 Å². The van der Waals surface area contributed by atoms with E-state index in [1.165, 1.54) is 41.3 Å². The van der Waals surface area contributed by atoms with E-state index in [9.17, 15) is 0 Å². The molecule has 0 radical (unpaired) electrons. The van der Waals surface area contributed by atoms with Crippen molar-refractivity contribution in [3.05, 3.63) is 47.8 Å². The first-order chi connectivity index (χ1) is 11.7. The van der Waals surface area contributed by atoms with Gasteiger partial charge in [-0.3, -0.25) is 4.98 Å². The maximum absolute atomic E-state index is 4.91. The van der Waals surface area contributed by atoms with Gasteiger partial charge in [-0.05, 0) is 49.1 Å². The second-order valence-corrected chi connectivity index (χ2v) is 6.98. The Hall–Kier alpha value is -2.62. The van der Waals surface area contributed by atoms with Gasteiger partial charge in [0.1, 0.15) is 5.84 Å². The molecule has 1 aromatic carbocycles. The minimum absolute atomic E-state index is 0.151. The summed E-state index contributed by atoms with van der Waals surface area (Å²) < 4.78 is 0. The number of H-pyrrole nitrogens is 1. The Balaban J connectivity index is 1.68. The van der Waals surface area contributed by atoms with Crippen LogP contribution in [0.25, 0.3) is 22.2 Å². The molecule has 3 heterocycles. The second-order valence-electron chi connectivity index (χ2n) is 6.98. The Bertz CT molecular complexity index is 959. The first-order valence-electron chi connectivity index (χ1n) is 8.56. The average molecular weight is 316 g/mol. The van der Waals surface area contributed by atoms with Crippen LogP contribution in [0.2, 0.25) is 0 Å². The molecule has 5 rings (SSSR count). The minimum atomic E-state index is 0.151. The lowest BCUT2D eigenvalue weighted by Gasteiger charge is -2.40. The number of nitrogens with one attached hydrogen (secondary N) is 2. The van der Waals surface area contributed by atoms with Crippen molar-refractivity contribution in [2.45, 2.75) is 31.6 Å². The Morgan fingerprint density at radius 3 is 2.79 bits per heavy atom. The molecule has 0 amide bonds. The number of likely N-dealkylation sites (N-methyl/N-ethyl adjacent to an activating group) is 1. The summed E-state index contributed by atoms with van der Waals surface area (Å²) in [6.07, 6.45) is 7.41. The highest BCUT2D eigenvalue weighted by atomic mass is 15.0. The van der Waals surface area contributed by atoms with E-state index in [0.717, 1.165) is 22.7 Å². The molecule has 1 aliphatic heterocycles. The summed E-state index contributed by atoms with van der Waals surface area (Å²) in [4.78, 5) is 12.6. The lowest BCUT2D eigenvalue weighted by Crippen LogP contribution is -2.45. The van der Waals surface area contributed by atoms with Crippen LogP contribution in [0.4, 0.5) is 5.69 Å². The molecule has 120 valence electrons. The van der Waals surface area contributed by atoms with E-state index in [2.05, 4.69) is 40.4 Å². The Labute approximate surface area is 141 Å². The first-order valence-corrected chi connectivity index (χ1v) is 8.56. The van der Waals surface area contributed by atoms with Crippen molar-refractivity contribution in [2.24, 2.45) is 4.99 Å². The largest absolute Gasteiger partial charge is 0.376 e. The fraction of sp³-hybridized carbons (Fsp3) is 0.300. The highest BCUT2D eigenvalue weighted by Gasteiger charge is 2.48. The van der Waals surface area contributed by atoms with Gasteiger partial charge in [-0.15, -0.1) is 0 Å². The molecule has 0 unspecified atom stereocenters. The number of benzene rings is 1. The van der Waals surface area contributed by atoms with Gasteiger partial charge in [-0.1, -0.05) is 12.5 Å². The maximum Gasteiger partial charge on any atom is 0.113 e. The molecule has 1 fully saturated rings. The second kappa shape index (κ2) is 4.69. The highest BCUT2D eigenvalue weighted by molar-refractivity contribution is 6.02. The Morgan fingerprint density at radius 2 is 2.08 bits per heavy atom. The SMILES string of the molecule is CNC1=Nc2cc(-c3cc4ccncc4[nH]3)c(C)cc2C12CCC2. The summed E-state index contributed by atoms with van der Waals surface area (Å²) in [6.45, 7) is 2.20. The van der Waals surface area contributed by atoms with E-state index in [1.54, 1.807) is 0 Å². The fourth-order valence-electron chi connectivity index (χ4n) is 4.27. The fourth-order valence-corrected chi connectivity index (χ4v) is 4.27. The lowest BCUT2D eigenvalue weighted by atomic mass is 9.64. The standard InChI is InChI=1S/C20H20N4/c1-12-8-15-17(24-19(21-2)20(15)5-3-6-20)10-14(12)16-9-13-4-7-22-11-18(13)23-16/h4,7-11,23H,3,5-6H2,1-2H3,(H,21,24). The van der Waals surface area contributed by atoms with E-state index in [4.69, 9.17) is 4.99 Å². The molecular weight excluding hydrogens is 296 g/mol. The molecule has 24 heavy (non-hydrogen) atoms. The molecule has 4 heteroatoms. The summed E-state index contributed by atoms with van der Waals surface area (Å²) in [7, 11) is 1.99. The number of hydrogen-bond donors (Lipinski definition) is 2. The molecule has 0 atom stereocenters. The maximum atomic E-state index is 4.91. The van der Waals surface area contributed by atoms with Crippen LogP contribution in [0.3, 0.4) is 0 Å². The van der Waals surface area contributed by atoms with Crippen LogP contribution in [-0.2, 0) is 5.41 Å². The van der Waals surface area contributed by atoms with Crippen LogP contribution in [0, 0.1) is 6.92 Å². The number of hydrogen-bond acceptors (Lipinski definition) is 3. The van der Waals surface area contributed by atoms with E-state index in [0.29, 0.717) is 0 Å². The number of fused-ring (bicyclic) bond motifs is 3. The van der Waals surface area contributed by atoms with E-state index < -0.39 is 0 Å². The van der Waals surface area contributed by atoms with Crippen molar-refractivity contribution in [2.75, 3.05) is 7.05 Å². The van der Waals surface area contributed by atoms with Crippen molar-refractivity contribution >= 4 is 22.4 Å². The van der Waals surface area contributed by atoms with Crippen LogP contribution in [-0.4, -0.2) is 22.9 Å². The van der Waals surface area contributed by atoms with E-state index >= 15 is 0 Å². The first kappa shape index (κ1) is 13.8. The Morgan fingerprint density at radius 1 is 1.21 bits per heavy atom. The normalized spacial score (nSPS) is 17.7.